The van der Waals surface area contributed by atoms with Gasteiger partial charge in [-0.2, -0.15) is 0 Å². The Morgan fingerprint density at radius 3 is 2.29 bits per heavy atom. The number of hydrogen-bond donors (Lipinski definition) is 0. The van der Waals surface area contributed by atoms with Gasteiger partial charge < -0.3 is 9.47 Å². The predicted molar refractivity (Wildman–Crippen MR) is 137 cm³/mol. The predicted octanol–water partition coefficient (Wildman–Crippen LogP) is 8.67. The summed E-state index contributed by atoms with van der Waals surface area (Å²) < 4.78 is 25.1. The molecule has 2 aromatic carbocycles. The molecule has 0 bridgehead atoms. The van der Waals surface area contributed by atoms with E-state index < -0.39 is 12.1 Å². The molecule has 1 saturated carbocycles. The van der Waals surface area contributed by atoms with E-state index in [1.54, 1.807) is 0 Å². The van der Waals surface area contributed by atoms with Gasteiger partial charge in [-0.3, -0.25) is 0 Å². The molecule has 3 nitrogen and oxygen atoms in total. The number of rotatable bonds is 12. The fourth-order valence-corrected chi connectivity index (χ4v) is 4.77. The second-order valence-electron chi connectivity index (χ2n) is 9.34. The van der Waals surface area contributed by atoms with E-state index in [1.807, 2.05) is 25.1 Å². The summed E-state index contributed by atoms with van der Waals surface area (Å²) in [5.74, 6) is 0.491. The third-order valence-electron chi connectivity index (χ3n) is 6.68. The molecule has 0 amide bonds. The van der Waals surface area contributed by atoms with E-state index in [9.17, 15) is 9.18 Å². The topological polar surface area (TPSA) is 35.5 Å². The van der Waals surface area contributed by atoms with E-state index in [1.165, 1.54) is 12.0 Å². The van der Waals surface area contributed by atoms with Crippen LogP contribution in [-0.2, 0) is 9.53 Å². The summed E-state index contributed by atoms with van der Waals surface area (Å²) in [6, 6.07) is 14.6. The molecule has 0 radical (unpaired) electrons. The monoisotopic (exact) mass is 488 g/mol. The lowest BCUT2D eigenvalue weighted by Gasteiger charge is -2.29. The second kappa shape index (κ2) is 13.7. The Kier molecular flexibility index (Phi) is 10.7. The number of benzene rings is 2. The highest BCUT2D eigenvalue weighted by Gasteiger charge is 2.27. The van der Waals surface area contributed by atoms with Gasteiger partial charge in [-0.05, 0) is 73.3 Å². The first-order valence-corrected chi connectivity index (χ1v) is 13.3. The maximum atomic E-state index is 13.9. The van der Waals surface area contributed by atoms with Crippen molar-refractivity contribution in [3.8, 4) is 16.9 Å². The Balaban J connectivity index is 1.50. The average Bonchev–Trinajstić information content (AvgIpc) is 2.86. The van der Waals surface area contributed by atoms with Crippen LogP contribution in [0.4, 0.5) is 4.39 Å². The van der Waals surface area contributed by atoms with Gasteiger partial charge in [-0.25, -0.2) is 9.18 Å². The van der Waals surface area contributed by atoms with Crippen LogP contribution in [0.3, 0.4) is 0 Å². The Labute approximate surface area is 209 Å². The summed E-state index contributed by atoms with van der Waals surface area (Å²) in [7, 11) is 0. The zero-order valence-corrected chi connectivity index (χ0v) is 21.3. The smallest absolute Gasteiger partial charge is 0.340 e. The number of unbranched alkanes of at least 4 members (excludes halogenated alkanes) is 3. The Morgan fingerprint density at radius 2 is 1.65 bits per heavy atom. The van der Waals surface area contributed by atoms with E-state index in [4.69, 9.17) is 21.1 Å². The maximum Gasteiger partial charge on any atom is 0.340 e. The van der Waals surface area contributed by atoms with Gasteiger partial charge in [0.2, 0.25) is 0 Å². The van der Waals surface area contributed by atoms with E-state index >= 15 is 0 Å². The molecule has 2 aromatic rings. The number of alkyl halides is 1. The summed E-state index contributed by atoms with van der Waals surface area (Å²) in [6.45, 7) is 4.85. The van der Waals surface area contributed by atoms with Gasteiger partial charge in [0.05, 0.1) is 11.6 Å². The number of carbonyl (C=O) groups is 1. The molecule has 186 valence electrons. The highest BCUT2D eigenvalue weighted by molar-refractivity contribution is 6.32. The second-order valence-corrected chi connectivity index (χ2v) is 9.75. The van der Waals surface area contributed by atoms with Crippen LogP contribution in [0.5, 0.6) is 5.75 Å². The van der Waals surface area contributed by atoms with Crippen molar-refractivity contribution in [2.75, 3.05) is 6.61 Å². The highest BCUT2D eigenvalue weighted by Crippen LogP contribution is 2.36. The van der Waals surface area contributed by atoms with Crippen LogP contribution in [0.2, 0.25) is 5.02 Å². The molecule has 1 fully saturated rings. The van der Waals surface area contributed by atoms with Crippen LogP contribution in [0.25, 0.3) is 11.1 Å². The molecule has 34 heavy (non-hydrogen) atoms. The van der Waals surface area contributed by atoms with E-state index in [0.29, 0.717) is 24.0 Å². The van der Waals surface area contributed by atoms with Crippen molar-refractivity contribution in [2.24, 2.45) is 0 Å². The molecule has 0 aliphatic heterocycles. The van der Waals surface area contributed by atoms with Gasteiger partial charge in [-0.15, -0.1) is 0 Å². The minimum absolute atomic E-state index is 0.159. The number of hydrogen-bond acceptors (Lipinski definition) is 3. The first kappa shape index (κ1) is 26.5. The van der Waals surface area contributed by atoms with Crippen molar-refractivity contribution >= 4 is 17.6 Å². The van der Waals surface area contributed by atoms with E-state index in [-0.39, 0.29) is 12.5 Å². The minimum Gasteiger partial charge on any atom is -0.492 e. The van der Waals surface area contributed by atoms with Crippen molar-refractivity contribution in [3.63, 3.8) is 0 Å². The molecule has 0 unspecified atom stereocenters. The summed E-state index contributed by atoms with van der Waals surface area (Å²) >= 11 is 6.45. The highest BCUT2D eigenvalue weighted by atomic mass is 35.5. The van der Waals surface area contributed by atoms with Crippen molar-refractivity contribution in [2.45, 2.75) is 96.2 Å². The van der Waals surface area contributed by atoms with Crippen molar-refractivity contribution < 1.29 is 18.7 Å². The lowest BCUT2D eigenvalue weighted by atomic mass is 9.82. The lowest BCUT2D eigenvalue weighted by Crippen LogP contribution is -2.28. The zero-order chi connectivity index (χ0) is 24.3. The van der Waals surface area contributed by atoms with Gasteiger partial charge in [0.1, 0.15) is 11.9 Å². The van der Waals surface area contributed by atoms with Crippen LogP contribution in [0, 0.1) is 0 Å². The van der Waals surface area contributed by atoms with Crippen LogP contribution in [-0.4, -0.2) is 24.9 Å². The maximum absolute atomic E-state index is 13.9. The van der Waals surface area contributed by atoms with Gasteiger partial charge in [0.25, 0.3) is 0 Å². The molecule has 5 heteroatoms. The van der Waals surface area contributed by atoms with Crippen LogP contribution < -0.4 is 4.74 Å². The third kappa shape index (κ3) is 7.73. The normalized spacial score (nSPS) is 18.9. The molecular formula is C29H38ClFO3. The first-order valence-electron chi connectivity index (χ1n) is 12.9. The quantitative estimate of drug-likeness (QED) is 0.221. The van der Waals surface area contributed by atoms with Crippen LogP contribution in [0.1, 0.15) is 89.5 Å². The lowest BCUT2D eigenvalue weighted by molar-refractivity contribution is -0.157. The fraction of sp³-hybridized carbons (Fsp3) is 0.552. The standard InChI is InChI=1S/C29H38ClFO3/c1-3-5-7-19-33-28-18-15-24(20-26(28)30)23-11-9-21(10-12-23)22-13-16-25(17-14-22)34-29(32)27(31)8-6-4-2/h9-12,15,18,20,22,25,27H,3-8,13-14,16-17,19H2,1-2H3/t22?,25?,27-/m0/s1. The molecule has 0 saturated heterocycles. The van der Waals surface area contributed by atoms with Crippen LogP contribution >= 0.6 is 11.6 Å². The summed E-state index contributed by atoms with van der Waals surface area (Å²) in [5.41, 5.74) is 3.48. The van der Waals surface area contributed by atoms with Gasteiger partial charge in [-0.1, -0.05) is 81.5 Å². The summed E-state index contributed by atoms with van der Waals surface area (Å²) in [5, 5.41) is 0.635. The van der Waals surface area contributed by atoms with Gasteiger partial charge in [0, 0.05) is 0 Å². The number of carbonyl (C=O) groups excluding carboxylic acids is 1. The molecule has 0 N–H and O–H groups in total. The van der Waals surface area contributed by atoms with E-state index in [0.717, 1.165) is 61.8 Å². The zero-order valence-electron chi connectivity index (χ0n) is 20.5. The van der Waals surface area contributed by atoms with Crippen LogP contribution in [0.15, 0.2) is 42.5 Å². The Hall–Kier alpha value is -2.07. The number of esters is 1. The first-order chi connectivity index (χ1) is 16.5. The van der Waals surface area contributed by atoms with Gasteiger partial charge in [0.15, 0.2) is 6.17 Å². The third-order valence-corrected chi connectivity index (χ3v) is 6.97. The Morgan fingerprint density at radius 1 is 0.971 bits per heavy atom. The molecule has 3 rings (SSSR count). The molecule has 1 aliphatic carbocycles. The SMILES string of the molecule is CCCCCOc1ccc(-c2ccc(C3CCC(OC(=O)[C@@H](F)CCCC)CC3)cc2)cc1Cl. The largest absolute Gasteiger partial charge is 0.492 e. The number of halogens is 2. The van der Waals surface area contributed by atoms with E-state index in [2.05, 4.69) is 31.2 Å². The van der Waals surface area contributed by atoms with Gasteiger partial charge >= 0.3 is 5.97 Å². The van der Waals surface area contributed by atoms with Crippen molar-refractivity contribution in [1.82, 2.24) is 0 Å². The molecule has 0 aromatic heterocycles. The minimum atomic E-state index is -1.49. The Bertz CT molecular complexity index is 891. The molecular weight excluding hydrogens is 451 g/mol. The molecule has 1 atom stereocenters. The summed E-state index contributed by atoms with van der Waals surface area (Å²) in [4.78, 5) is 11.9. The molecule has 1 aliphatic rings. The van der Waals surface area contributed by atoms with Crippen molar-refractivity contribution in [1.29, 1.82) is 0 Å². The average molecular weight is 489 g/mol. The summed E-state index contributed by atoms with van der Waals surface area (Å²) in [6.07, 6.45) is 7.03. The van der Waals surface area contributed by atoms with Crippen molar-refractivity contribution in [3.05, 3.63) is 53.1 Å². The number of ether oxygens (including phenoxy) is 2. The molecule has 0 spiro atoms. The molecule has 0 heterocycles. The fourth-order valence-electron chi connectivity index (χ4n) is 4.53.